The molecule has 0 radical (unpaired) electrons. The van der Waals surface area contributed by atoms with E-state index in [2.05, 4.69) is 17.4 Å². The SMILES string of the molecule is NCC1(CC(=O)NCCSc2ccccc2)CCCCC1. The van der Waals surface area contributed by atoms with Crippen LogP contribution in [0.4, 0.5) is 0 Å². The van der Waals surface area contributed by atoms with Gasteiger partial charge in [-0.1, -0.05) is 37.5 Å². The maximum absolute atomic E-state index is 12.1. The fourth-order valence-electron chi connectivity index (χ4n) is 3.03. The number of amides is 1. The molecule has 116 valence electrons. The Balaban J connectivity index is 1.67. The second kappa shape index (κ2) is 8.44. The van der Waals surface area contributed by atoms with Crippen LogP contribution >= 0.6 is 11.8 Å². The van der Waals surface area contributed by atoms with Gasteiger partial charge in [-0.15, -0.1) is 11.8 Å². The van der Waals surface area contributed by atoms with E-state index < -0.39 is 0 Å². The van der Waals surface area contributed by atoms with E-state index in [9.17, 15) is 4.79 Å². The Morgan fingerprint density at radius 1 is 1.19 bits per heavy atom. The van der Waals surface area contributed by atoms with Crippen molar-refractivity contribution in [2.75, 3.05) is 18.8 Å². The van der Waals surface area contributed by atoms with E-state index in [1.165, 1.54) is 24.2 Å². The van der Waals surface area contributed by atoms with Gasteiger partial charge in [-0.05, 0) is 36.9 Å². The number of benzene rings is 1. The van der Waals surface area contributed by atoms with Crippen LogP contribution < -0.4 is 11.1 Å². The summed E-state index contributed by atoms with van der Waals surface area (Å²) in [5.74, 6) is 1.07. The lowest BCUT2D eigenvalue weighted by Gasteiger charge is -2.35. The Bertz CT molecular complexity index is 430. The van der Waals surface area contributed by atoms with Crippen LogP contribution in [0.1, 0.15) is 38.5 Å². The second-order valence-electron chi connectivity index (χ2n) is 5.95. The van der Waals surface area contributed by atoms with Gasteiger partial charge in [0, 0.05) is 23.6 Å². The molecule has 0 aliphatic heterocycles. The molecule has 1 aromatic carbocycles. The average molecular weight is 306 g/mol. The number of carbonyl (C=O) groups excluding carboxylic acids is 1. The number of nitrogens with two attached hydrogens (primary N) is 1. The number of carbonyl (C=O) groups is 1. The molecule has 0 unspecified atom stereocenters. The molecule has 1 fully saturated rings. The molecule has 0 bridgehead atoms. The third-order valence-corrected chi connectivity index (χ3v) is 5.33. The molecule has 0 spiro atoms. The van der Waals surface area contributed by atoms with E-state index in [1.54, 1.807) is 11.8 Å². The first-order valence-electron chi connectivity index (χ1n) is 7.89. The van der Waals surface area contributed by atoms with Crippen LogP contribution in [0.2, 0.25) is 0 Å². The van der Waals surface area contributed by atoms with Crippen LogP contribution in [-0.4, -0.2) is 24.7 Å². The van der Waals surface area contributed by atoms with Crippen molar-refractivity contribution in [3.05, 3.63) is 30.3 Å². The first-order chi connectivity index (χ1) is 10.2. The van der Waals surface area contributed by atoms with Crippen molar-refractivity contribution in [2.45, 2.75) is 43.4 Å². The summed E-state index contributed by atoms with van der Waals surface area (Å²) in [5.41, 5.74) is 6.00. The van der Waals surface area contributed by atoms with E-state index in [4.69, 9.17) is 5.73 Å². The minimum absolute atomic E-state index is 0.0644. The summed E-state index contributed by atoms with van der Waals surface area (Å²) >= 11 is 1.77. The van der Waals surface area contributed by atoms with Gasteiger partial charge in [0.15, 0.2) is 0 Å². The highest BCUT2D eigenvalue weighted by Gasteiger charge is 2.32. The fourth-order valence-corrected chi connectivity index (χ4v) is 3.82. The van der Waals surface area contributed by atoms with Crippen LogP contribution in [0.15, 0.2) is 35.2 Å². The van der Waals surface area contributed by atoms with Crippen molar-refractivity contribution in [1.82, 2.24) is 5.32 Å². The zero-order valence-electron chi connectivity index (χ0n) is 12.6. The Kier molecular flexibility index (Phi) is 6.58. The van der Waals surface area contributed by atoms with Crippen molar-refractivity contribution in [3.63, 3.8) is 0 Å². The summed E-state index contributed by atoms with van der Waals surface area (Å²) in [6.07, 6.45) is 6.53. The Hall–Kier alpha value is -1.00. The Labute approximate surface area is 132 Å². The minimum atomic E-state index is 0.0644. The van der Waals surface area contributed by atoms with Crippen molar-refractivity contribution in [3.8, 4) is 0 Å². The molecule has 1 aliphatic rings. The fraction of sp³-hybridized carbons (Fsp3) is 0.588. The Morgan fingerprint density at radius 3 is 2.57 bits per heavy atom. The van der Waals surface area contributed by atoms with Crippen molar-refractivity contribution in [2.24, 2.45) is 11.1 Å². The van der Waals surface area contributed by atoms with Gasteiger partial charge in [0.2, 0.25) is 5.91 Å². The molecule has 3 nitrogen and oxygen atoms in total. The smallest absolute Gasteiger partial charge is 0.220 e. The lowest BCUT2D eigenvalue weighted by atomic mass is 9.72. The number of rotatable bonds is 7. The second-order valence-corrected chi connectivity index (χ2v) is 7.12. The quantitative estimate of drug-likeness (QED) is 0.601. The number of hydrogen-bond acceptors (Lipinski definition) is 3. The molecular weight excluding hydrogens is 280 g/mol. The Morgan fingerprint density at radius 2 is 1.90 bits per heavy atom. The topological polar surface area (TPSA) is 55.1 Å². The first kappa shape index (κ1) is 16.4. The van der Waals surface area contributed by atoms with E-state index in [1.807, 2.05) is 18.2 Å². The summed E-state index contributed by atoms with van der Waals surface area (Å²) in [4.78, 5) is 13.4. The van der Waals surface area contributed by atoms with Gasteiger partial charge in [0.05, 0.1) is 0 Å². The van der Waals surface area contributed by atoms with E-state index in [0.29, 0.717) is 13.0 Å². The monoisotopic (exact) mass is 306 g/mol. The molecule has 0 atom stereocenters. The van der Waals surface area contributed by atoms with Gasteiger partial charge in [-0.2, -0.15) is 0 Å². The van der Waals surface area contributed by atoms with E-state index in [-0.39, 0.29) is 11.3 Å². The van der Waals surface area contributed by atoms with Gasteiger partial charge in [0.25, 0.3) is 0 Å². The lowest BCUT2D eigenvalue weighted by molar-refractivity contribution is -0.123. The van der Waals surface area contributed by atoms with Gasteiger partial charge in [-0.3, -0.25) is 4.79 Å². The molecule has 2 rings (SSSR count). The highest BCUT2D eigenvalue weighted by molar-refractivity contribution is 7.99. The van der Waals surface area contributed by atoms with Crippen LogP contribution in [0, 0.1) is 5.41 Å². The minimum Gasteiger partial charge on any atom is -0.355 e. The molecule has 4 heteroatoms. The highest BCUT2D eigenvalue weighted by Crippen LogP contribution is 2.38. The largest absolute Gasteiger partial charge is 0.355 e. The summed E-state index contributed by atoms with van der Waals surface area (Å²) < 4.78 is 0. The zero-order valence-corrected chi connectivity index (χ0v) is 13.5. The van der Waals surface area contributed by atoms with Crippen LogP contribution in [0.5, 0.6) is 0 Å². The van der Waals surface area contributed by atoms with Crippen LogP contribution in [0.3, 0.4) is 0 Å². The predicted molar refractivity (Wildman–Crippen MR) is 89.4 cm³/mol. The van der Waals surface area contributed by atoms with Gasteiger partial charge < -0.3 is 11.1 Å². The van der Waals surface area contributed by atoms with Crippen molar-refractivity contribution >= 4 is 17.7 Å². The molecule has 0 aromatic heterocycles. The molecule has 1 amide bonds. The first-order valence-corrected chi connectivity index (χ1v) is 8.87. The van der Waals surface area contributed by atoms with Crippen molar-refractivity contribution < 1.29 is 4.79 Å². The molecule has 1 aromatic rings. The summed E-state index contributed by atoms with van der Waals surface area (Å²) in [6.45, 7) is 1.36. The molecule has 21 heavy (non-hydrogen) atoms. The standard InChI is InChI=1S/C17H26N2OS/c18-14-17(9-5-2-6-10-17)13-16(20)19-11-12-21-15-7-3-1-4-8-15/h1,3-4,7-8H,2,5-6,9-14,18H2,(H,19,20). The van der Waals surface area contributed by atoms with Gasteiger partial charge in [-0.25, -0.2) is 0 Å². The molecule has 1 aliphatic carbocycles. The van der Waals surface area contributed by atoms with Crippen LogP contribution in [-0.2, 0) is 4.79 Å². The van der Waals surface area contributed by atoms with E-state index in [0.717, 1.165) is 25.1 Å². The third kappa shape index (κ3) is 5.36. The molecule has 1 saturated carbocycles. The molecule has 0 saturated heterocycles. The molecule has 0 heterocycles. The third-order valence-electron chi connectivity index (χ3n) is 4.32. The molecule has 3 N–H and O–H groups in total. The molecular formula is C17H26N2OS. The summed E-state index contributed by atoms with van der Waals surface area (Å²) in [7, 11) is 0. The normalized spacial score (nSPS) is 17.4. The van der Waals surface area contributed by atoms with E-state index >= 15 is 0 Å². The van der Waals surface area contributed by atoms with Crippen LogP contribution in [0.25, 0.3) is 0 Å². The maximum atomic E-state index is 12.1. The summed E-state index contributed by atoms with van der Waals surface area (Å²) in [5, 5.41) is 3.04. The lowest BCUT2D eigenvalue weighted by Crippen LogP contribution is -2.39. The summed E-state index contributed by atoms with van der Waals surface area (Å²) in [6, 6.07) is 10.3. The predicted octanol–water partition coefficient (Wildman–Crippen LogP) is 3.19. The maximum Gasteiger partial charge on any atom is 0.220 e. The highest BCUT2D eigenvalue weighted by atomic mass is 32.2. The number of nitrogens with one attached hydrogen (secondary N) is 1. The van der Waals surface area contributed by atoms with Crippen molar-refractivity contribution in [1.29, 1.82) is 0 Å². The average Bonchev–Trinajstić information content (AvgIpc) is 2.53. The van der Waals surface area contributed by atoms with Gasteiger partial charge >= 0.3 is 0 Å². The zero-order chi connectivity index (χ0) is 15.0. The van der Waals surface area contributed by atoms with Gasteiger partial charge in [0.1, 0.15) is 0 Å². The number of thioether (sulfide) groups is 1. The number of hydrogen-bond donors (Lipinski definition) is 2.